The molecule has 1 amide bonds. The molecule has 36 heavy (non-hydrogen) atoms. The highest BCUT2D eigenvalue weighted by Gasteiger charge is 2.21. The molecule has 0 radical (unpaired) electrons. The lowest BCUT2D eigenvalue weighted by atomic mass is 10.1. The van der Waals surface area contributed by atoms with Crippen LogP contribution in [0.1, 0.15) is 61.6 Å². The first-order valence-corrected chi connectivity index (χ1v) is 13.1. The van der Waals surface area contributed by atoms with Crippen LogP contribution in [0.4, 0.5) is 5.95 Å². The first-order chi connectivity index (χ1) is 17.2. The zero-order valence-corrected chi connectivity index (χ0v) is 21.8. The first kappa shape index (κ1) is 26.2. The molecule has 10 heteroatoms. The quantitative estimate of drug-likeness (QED) is 0.232. The van der Waals surface area contributed by atoms with Gasteiger partial charge in [0.1, 0.15) is 0 Å². The van der Waals surface area contributed by atoms with Crippen LogP contribution in [-0.2, 0) is 17.8 Å². The molecule has 1 aliphatic rings. The number of fused-ring (bicyclic) bond motifs is 1. The molecule has 0 saturated heterocycles. The van der Waals surface area contributed by atoms with Crippen molar-refractivity contribution >= 4 is 40.0 Å². The van der Waals surface area contributed by atoms with Gasteiger partial charge in [0.2, 0.25) is 5.95 Å². The Morgan fingerprint density at radius 2 is 2.14 bits per heavy atom. The minimum atomic E-state index is -0.848. The molecule has 0 bridgehead atoms. The Morgan fingerprint density at radius 3 is 2.86 bits per heavy atom. The minimum Gasteiger partial charge on any atom is -0.468 e. The lowest BCUT2D eigenvalue weighted by Gasteiger charge is -2.18. The summed E-state index contributed by atoms with van der Waals surface area (Å²) in [4.78, 5) is 19.3. The summed E-state index contributed by atoms with van der Waals surface area (Å²) in [5.41, 5.74) is 1.92. The lowest BCUT2D eigenvalue weighted by molar-refractivity contribution is 0.0667. The molecular weight excluding hydrogens is 478 g/mol. The number of aliphatic hydroxyl groups is 2. The number of anilines is 1. The fraction of sp³-hybridized carbons (Fsp3) is 0.462. The second-order valence-corrected chi connectivity index (χ2v) is 10.7. The molecule has 9 nitrogen and oxygen atoms in total. The molecule has 196 valence electrons. The molecule has 4 rings (SSSR count). The van der Waals surface area contributed by atoms with Crippen molar-refractivity contribution < 1.29 is 21.2 Å². The molecule has 2 aromatic heterocycles. The van der Waals surface area contributed by atoms with E-state index in [1.54, 1.807) is 19.9 Å². The fourth-order valence-electron chi connectivity index (χ4n) is 3.92. The third-order valence-electron chi connectivity index (χ3n) is 5.90. The van der Waals surface area contributed by atoms with Crippen LogP contribution in [0.5, 0.6) is 0 Å². The monoisotopic (exact) mass is 515 g/mol. The van der Waals surface area contributed by atoms with E-state index in [1.807, 2.05) is 42.0 Å². The number of carbonyl (C=O) groups is 1. The summed E-state index contributed by atoms with van der Waals surface area (Å²) in [5.74, 6) is 0.937. The largest absolute Gasteiger partial charge is 0.468 e. The first-order valence-electron chi connectivity index (χ1n) is 12.3. The zero-order chi connectivity index (χ0) is 25.7. The molecule has 1 aliphatic heterocycles. The van der Waals surface area contributed by atoms with Gasteiger partial charge in [0.05, 0.1) is 26.4 Å². The van der Waals surface area contributed by atoms with E-state index in [1.165, 1.54) is 11.3 Å². The highest BCUT2D eigenvalue weighted by molar-refractivity contribution is 7.15. The molecule has 0 spiro atoms. The van der Waals surface area contributed by atoms with E-state index in [2.05, 4.69) is 16.0 Å². The summed E-state index contributed by atoms with van der Waals surface area (Å²) in [7, 11) is 0. The Bertz CT molecular complexity index is 1230. The van der Waals surface area contributed by atoms with Gasteiger partial charge in [0.25, 0.3) is 5.91 Å². The molecule has 0 aliphatic carbocycles. The molecule has 5 N–H and O–H groups in total. The van der Waals surface area contributed by atoms with Gasteiger partial charge in [-0.2, -0.15) is 0 Å². The predicted molar refractivity (Wildman–Crippen MR) is 145 cm³/mol. The summed E-state index contributed by atoms with van der Waals surface area (Å²) in [6.07, 6.45) is 3.94. The molecule has 3 heterocycles. The van der Waals surface area contributed by atoms with E-state index >= 15 is 0 Å². The van der Waals surface area contributed by atoms with E-state index in [9.17, 15) is 9.90 Å². The van der Waals surface area contributed by atoms with Crippen LogP contribution in [-0.4, -0.2) is 50.7 Å². The molecule has 0 fully saturated rings. The molecule has 1 unspecified atom stereocenters. The standard InChI is InChI=1S/C26H35N5O4S.H2/c1-17-28-16-21(35-17)22-8-9-23(36-22)24(33)30-25-29-19-14-18(15-27-11-4-5-13-32)6-7-20(19)31(25)12-10-26(2,3)34;/h6-9,14,16-17,27-28,32,34H,4-5,10-13,15H2,1-3H3,(H,29,30,33);1H. The number of ether oxygens (including phenoxy) is 1. The number of rotatable bonds is 12. The zero-order valence-electron chi connectivity index (χ0n) is 21.0. The number of aromatic nitrogens is 2. The summed E-state index contributed by atoms with van der Waals surface area (Å²) in [6.45, 7) is 7.71. The van der Waals surface area contributed by atoms with Crippen molar-refractivity contribution in [1.82, 2.24) is 20.2 Å². The predicted octanol–water partition coefficient (Wildman–Crippen LogP) is 3.88. The number of nitrogens with one attached hydrogen (secondary N) is 3. The second-order valence-electron chi connectivity index (χ2n) is 9.63. The van der Waals surface area contributed by atoms with Gasteiger partial charge in [0.15, 0.2) is 12.0 Å². The van der Waals surface area contributed by atoms with Gasteiger partial charge in [-0.1, -0.05) is 6.07 Å². The van der Waals surface area contributed by atoms with Crippen molar-refractivity contribution in [2.24, 2.45) is 0 Å². The van der Waals surface area contributed by atoms with Gasteiger partial charge in [-0.25, -0.2) is 4.98 Å². The second kappa shape index (κ2) is 11.4. The number of nitrogens with zero attached hydrogens (tertiary/aromatic N) is 2. The van der Waals surface area contributed by atoms with Gasteiger partial charge in [-0.05, 0) is 76.4 Å². The van der Waals surface area contributed by atoms with Crippen molar-refractivity contribution in [2.75, 3.05) is 18.5 Å². The van der Waals surface area contributed by atoms with Gasteiger partial charge in [-0.15, -0.1) is 11.3 Å². The van der Waals surface area contributed by atoms with Crippen LogP contribution in [0.25, 0.3) is 16.8 Å². The number of carbonyl (C=O) groups excluding carboxylic acids is 1. The normalized spacial score (nSPS) is 15.6. The third kappa shape index (κ3) is 6.64. The number of unbranched alkanes of at least 4 members (excludes halogenated alkanes) is 1. The summed E-state index contributed by atoms with van der Waals surface area (Å²) in [5, 5.41) is 28.7. The maximum Gasteiger partial charge on any atom is 0.268 e. The third-order valence-corrected chi connectivity index (χ3v) is 7.00. The highest BCUT2D eigenvalue weighted by atomic mass is 32.1. The Morgan fingerprint density at radius 1 is 1.31 bits per heavy atom. The van der Waals surface area contributed by atoms with Crippen LogP contribution in [0.15, 0.2) is 36.5 Å². The number of imidazole rings is 1. The van der Waals surface area contributed by atoms with Crippen molar-refractivity contribution in [1.29, 1.82) is 0 Å². The number of aliphatic hydroxyl groups excluding tert-OH is 1. The lowest BCUT2D eigenvalue weighted by Crippen LogP contribution is -2.22. The summed E-state index contributed by atoms with van der Waals surface area (Å²) in [6, 6.07) is 9.74. The number of hydrogen-bond acceptors (Lipinski definition) is 8. The molecule has 1 aromatic carbocycles. The molecule has 3 aromatic rings. The Labute approximate surface area is 216 Å². The average molecular weight is 516 g/mol. The van der Waals surface area contributed by atoms with Crippen LogP contribution >= 0.6 is 11.3 Å². The maximum atomic E-state index is 13.1. The van der Waals surface area contributed by atoms with Crippen LogP contribution in [0.2, 0.25) is 0 Å². The van der Waals surface area contributed by atoms with Crippen LogP contribution < -0.4 is 16.0 Å². The smallest absolute Gasteiger partial charge is 0.268 e. The Balaban J connectivity index is 0.00000380. The number of hydrogen-bond donors (Lipinski definition) is 5. The maximum absolute atomic E-state index is 13.1. The van der Waals surface area contributed by atoms with Gasteiger partial charge in [0, 0.05) is 27.3 Å². The van der Waals surface area contributed by atoms with E-state index < -0.39 is 5.60 Å². The SMILES string of the molecule is CC1NC=C(c2ccc(C(=O)Nc3nc4cc(CNCCCCO)ccc4n3CCC(C)(C)O)s2)O1.[HH]. The minimum absolute atomic E-state index is 0. The van der Waals surface area contributed by atoms with E-state index in [-0.39, 0.29) is 20.2 Å². The van der Waals surface area contributed by atoms with Crippen molar-refractivity contribution in [3.63, 3.8) is 0 Å². The van der Waals surface area contributed by atoms with Crippen LogP contribution in [0, 0.1) is 0 Å². The molecular formula is C26H37N5O4S. The summed E-state index contributed by atoms with van der Waals surface area (Å²) >= 11 is 1.36. The molecule has 0 saturated carbocycles. The van der Waals surface area contributed by atoms with Crippen molar-refractivity contribution in [3.05, 3.63) is 51.8 Å². The van der Waals surface area contributed by atoms with E-state index in [0.29, 0.717) is 30.3 Å². The van der Waals surface area contributed by atoms with Gasteiger partial charge >= 0.3 is 0 Å². The van der Waals surface area contributed by atoms with E-state index in [0.717, 1.165) is 46.6 Å². The highest BCUT2D eigenvalue weighted by Crippen LogP contribution is 2.29. The summed E-state index contributed by atoms with van der Waals surface area (Å²) < 4.78 is 7.66. The van der Waals surface area contributed by atoms with Crippen LogP contribution in [0.3, 0.4) is 0 Å². The number of amides is 1. The Kier molecular flexibility index (Phi) is 8.30. The van der Waals surface area contributed by atoms with Crippen molar-refractivity contribution in [3.8, 4) is 0 Å². The topological polar surface area (TPSA) is 121 Å². The number of aryl methyl sites for hydroxylation is 1. The van der Waals surface area contributed by atoms with E-state index in [4.69, 9.17) is 14.8 Å². The Hall–Kier alpha value is -2.92. The fourth-order valence-corrected chi connectivity index (χ4v) is 4.78. The molecule has 1 atom stereocenters. The van der Waals surface area contributed by atoms with Gasteiger partial charge < -0.3 is 30.2 Å². The van der Waals surface area contributed by atoms with Crippen molar-refractivity contribution in [2.45, 2.75) is 65.0 Å². The average Bonchev–Trinajstić information content (AvgIpc) is 3.55. The van der Waals surface area contributed by atoms with Gasteiger partial charge in [-0.3, -0.25) is 10.1 Å². The number of thiophene rings is 1. The number of benzene rings is 1.